The number of carbonyl (C=O) groups is 4. The van der Waals surface area contributed by atoms with Gasteiger partial charge in [0.15, 0.2) is 5.82 Å². The average molecular weight is 1250 g/mol. The number of phenolic OH excluding ortho intramolecular Hbond substituents is 1. The molecule has 4 N–H and O–H groups in total. The zero-order valence-corrected chi connectivity index (χ0v) is 53.3. The standard InChI is InChI=1S/C65H83ClFN11O9S/c1-40(42-13-15-43(16-14-42)57-41(2)68-39-88-57)69-60(82)52-35-46(80)37-78(52)61(83)58(64(3,4)5)70-53(81)38-75-23-21-74(22-24-75)30-32-85-31-29-73-19-17-47(18-20-73)86-62-71-56-50(59(72-62)76-25-27-77(28-26-76)63(84)87-65(6,7)8)36-51(66)54(55(56)67)49-34-45(79)33-44-11-9-10-12-48(44)49/h9-16,33-34,36,39-40,46-47,52,58,79-80H,17-32,35,37-38H2,1-8H3,(H,69,82)(H,70,81)/t40-,46+,52-,58?/m0/s1. The minimum atomic E-state index is -0.922. The largest absolute Gasteiger partial charge is 0.508 e. The molecule has 4 saturated heterocycles. The number of benzene rings is 4. The highest BCUT2D eigenvalue weighted by molar-refractivity contribution is 7.13. The first kappa shape index (κ1) is 64.2. The summed E-state index contributed by atoms with van der Waals surface area (Å²) in [5.41, 5.74) is 3.99. The van der Waals surface area contributed by atoms with Gasteiger partial charge >= 0.3 is 12.1 Å². The van der Waals surface area contributed by atoms with Crippen molar-refractivity contribution in [3.05, 3.63) is 94.3 Å². The van der Waals surface area contributed by atoms with Crippen LogP contribution in [0.2, 0.25) is 5.02 Å². The summed E-state index contributed by atoms with van der Waals surface area (Å²) >= 11 is 8.56. The number of aryl methyl sites for hydroxylation is 1. The first-order valence-electron chi connectivity index (χ1n) is 30.6. The van der Waals surface area contributed by atoms with Gasteiger partial charge in [-0.15, -0.1) is 11.3 Å². The number of piperazine rings is 2. The molecule has 0 saturated carbocycles. The number of nitrogens with zero attached hydrogens (tertiary/aromatic N) is 9. The molecule has 0 spiro atoms. The molecule has 20 nitrogen and oxygen atoms in total. The van der Waals surface area contributed by atoms with Crippen molar-refractivity contribution in [1.29, 1.82) is 0 Å². The molecule has 4 fully saturated rings. The van der Waals surface area contributed by atoms with Gasteiger partial charge in [-0.2, -0.15) is 9.97 Å². The number of likely N-dealkylation sites (tertiary alicyclic amines) is 2. The van der Waals surface area contributed by atoms with Crippen molar-refractivity contribution in [3.8, 4) is 33.3 Å². The van der Waals surface area contributed by atoms with Gasteiger partial charge in [-0.05, 0) is 98.5 Å². The molecule has 23 heteroatoms. The van der Waals surface area contributed by atoms with Gasteiger partial charge in [-0.25, -0.2) is 14.2 Å². The maximum absolute atomic E-state index is 17.3. The summed E-state index contributed by atoms with van der Waals surface area (Å²) in [4.78, 5) is 81.7. The second kappa shape index (κ2) is 27.5. The van der Waals surface area contributed by atoms with Crippen LogP contribution in [0.5, 0.6) is 11.8 Å². The van der Waals surface area contributed by atoms with E-state index in [1.807, 2.05) is 114 Å². The van der Waals surface area contributed by atoms with Crippen LogP contribution in [0.1, 0.15) is 85.0 Å². The summed E-state index contributed by atoms with van der Waals surface area (Å²) in [5, 5.41) is 29.6. The topological polar surface area (TPSA) is 219 Å². The number of aliphatic hydroxyl groups is 1. The number of hydrogen-bond donors (Lipinski definition) is 4. The Kier molecular flexibility index (Phi) is 20.1. The molecule has 6 aromatic rings. The van der Waals surface area contributed by atoms with Crippen molar-refractivity contribution >= 4 is 74.2 Å². The smallest absolute Gasteiger partial charge is 0.410 e. The van der Waals surface area contributed by atoms with E-state index in [0.29, 0.717) is 87.5 Å². The van der Waals surface area contributed by atoms with Gasteiger partial charge < -0.3 is 54.7 Å². The van der Waals surface area contributed by atoms with Gasteiger partial charge in [0, 0.05) is 102 Å². The Balaban J connectivity index is 0.674. The van der Waals surface area contributed by atoms with Crippen molar-refractivity contribution in [2.45, 2.75) is 111 Å². The molecule has 4 aliphatic rings. The van der Waals surface area contributed by atoms with Crippen LogP contribution in [0.4, 0.5) is 15.0 Å². The zero-order valence-electron chi connectivity index (χ0n) is 51.7. The Labute approximate surface area is 523 Å². The molecule has 10 rings (SSSR count). The highest BCUT2D eigenvalue weighted by Crippen LogP contribution is 2.43. The number of anilines is 1. The summed E-state index contributed by atoms with van der Waals surface area (Å²) in [6.07, 6.45) is -0.0180. The van der Waals surface area contributed by atoms with Gasteiger partial charge in [0.1, 0.15) is 40.9 Å². The average Bonchev–Trinajstić information content (AvgIpc) is 1.36. The number of aromatic hydroxyl groups is 1. The molecular weight excluding hydrogens is 1170 g/mol. The molecule has 6 heterocycles. The normalized spacial score (nSPS) is 19.3. The number of amides is 4. The number of β-amino-alcohol motifs (C(OH)–C–C–N with tert-alkyl or cyclic N) is 1. The second-order valence-corrected chi connectivity index (χ2v) is 27.0. The predicted molar refractivity (Wildman–Crippen MR) is 339 cm³/mol. The van der Waals surface area contributed by atoms with Crippen molar-refractivity contribution in [2.24, 2.45) is 5.41 Å². The van der Waals surface area contributed by atoms with E-state index in [9.17, 15) is 29.4 Å². The molecule has 0 aliphatic carbocycles. The lowest BCUT2D eigenvalue weighted by atomic mass is 9.85. The van der Waals surface area contributed by atoms with Crippen LogP contribution in [0.3, 0.4) is 0 Å². The minimum Gasteiger partial charge on any atom is -0.508 e. The van der Waals surface area contributed by atoms with Gasteiger partial charge in [0.05, 0.1) is 53.0 Å². The van der Waals surface area contributed by atoms with Crippen LogP contribution >= 0.6 is 22.9 Å². The fraction of sp³-hybridized carbons (Fsp3) is 0.523. The quantitative estimate of drug-likeness (QED) is 0.0595. The zero-order chi connectivity index (χ0) is 62.6. The Bertz CT molecular complexity index is 3470. The first-order chi connectivity index (χ1) is 42.0. The lowest BCUT2D eigenvalue weighted by molar-refractivity contribution is -0.144. The van der Waals surface area contributed by atoms with Gasteiger partial charge in [0.2, 0.25) is 17.7 Å². The van der Waals surface area contributed by atoms with Crippen molar-refractivity contribution in [3.63, 3.8) is 0 Å². The van der Waals surface area contributed by atoms with Gasteiger partial charge in [-0.3, -0.25) is 24.2 Å². The third-order valence-electron chi connectivity index (χ3n) is 17.0. The third kappa shape index (κ3) is 15.4. The molecule has 0 bridgehead atoms. The number of hydrogen-bond acceptors (Lipinski definition) is 17. The van der Waals surface area contributed by atoms with Crippen LogP contribution in [0, 0.1) is 18.2 Å². The van der Waals surface area contributed by atoms with E-state index < -0.39 is 47.0 Å². The van der Waals surface area contributed by atoms with E-state index in [1.54, 1.807) is 28.4 Å². The summed E-state index contributed by atoms with van der Waals surface area (Å²) in [6, 6.07) is 18.1. The van der Waals surface area contributed by atoms with E-state index in [0.717, 1.165) is 66.4 Å². The van der Waals surface area contributed by atoms with Crippen molar-refractivity contribution in [2.75, 3.05) is 110 Å². The van der Waals surface area contributed by atoms with Crippen molar-refractivity contribution < 1.29 is 48.0 Å². The maximum Gasteiger partial charge on any atom is 0.410 e. The number of phenols is 1. The van der Waals surface area contributed by atoms with E-state index in [1.165, 1.54) is 11.0 Å². The lowest BCUT2D eigenvalue weighted by Crippen LogP contribution is -2.59. The monoisotopic (exact) mass is 1250 g/mol. The van der Waals surface area contributed by atoms with E-state index in [-0.39, 0.29) is 71.3 Å². The summed E-state index contributed by atoms with van der Waals surface area (Å²) in [6.45, 7) is 23.6. The summed E-state index contributed by atoms with van der Waals surface area (Å²) < 4.78 is 35.6. The van der Waals surface area contributed by atoms with E-state index in [4.69, 9.17) is 35.8 Å². The fourth-order valence-electron chi connectivity index (χ4n) is 12.1. The molecule has 472 valence electrons. The molecule has 88 heavy (non-hydrogen) atoms. The molecule has 4 amide bonds. The number of piperidine rings is 1. The number of aliphatic hydroxyl groups excluding tert-OH is 1. The number of rotatable bonds is 18. The van der Waals surface area contributed by atoms with Gasteiger partial charge in [-0.1, -0.05) is 80.9 Å². The molecule has 2 aromatic heterocycles. The van der Waals surface area contributed by atoms with Gasteiger partial charge in [0.25, 0.3) is 0 Å². The number of halogens is 2. The van der Waals surface area contributed by atoms with E-state index >= 15 is 4.39 Å². The number of nitrogens with one attached hydrogen (secondary N) is 2. The highest BCUT2D eigenvalue weighted by Gasteiger charge is 2.45. The van der Waals surface area contributed by atoms with Crippen LogP contribution in [-0.2, 0) is 23.9 Å². The SMILES string of the molecule is Cc1ncsc1-c1ccc([C@H](C)NC(=O)[C@@H]2C[C@@H](O)CN2C(=O)C(NC(=O)CN2CCN(CCOCCN3CCC(Oc4nc(N5CCN(C(=O)OC(C)(C)C)CC5)c5cc(Cl)c(-c6cc(O)cc7ccccc67)c(F)c5n4)CC3)CC2)C(C)(C)C)cc1. The van der Waals surface area contributed by atoms with Crippen LogP contribution < -0.4 is 20.3 Å². The Hall–Kier alpha value is -6.79. The lowest BCUT2D eigenvalue weighted by Gasteiger charge is -2.37. The Morgan fingerprint density at radius 1 is 0.830 bits per heavy atom. The number of carbonyl (C=O) groups excluding carboxylic acids is 4. The molecule has 0 radical (unpaired) electrons. The fourth-order valence-corrected chi connectivity index (χ4v) is 13.2. The Morgan fingerprint density at radius 2 is 1.50 bits per heavy atom. The van der Waals surface area contributed by atoms with Crippen LogP contribution in [0.25, 0.3) is 43.2 Å². The highest BCUT2D eigenvalue weighted by atomic mass is 35.5. The maximum atomic E-state index is 17.3. The van der Waals surface area contributed by atoms with Crippen LogP contribution in [0.15, 0.2) is 72.2 Å². The van der Waals surface area contributed by atoms with E-state index in [2.05, 4.69) is 30.3 Å². The minimum absolute atomic E-state index is 0.00360. The molecule has 4 aromatic carbocycles. The molecule has 4 aliphatic heterocycles. The summed E-state index contributed by atoms with van der Waals surface area (Å²) in [5.74, 6) is -1.27. The van der Waals surface area contributed by atoms with Crippen molar-refractivity contribution in [1.82, 2.24) is 50.1 Å². The third-order valence-corrected chi connectivity index (χ3v) is 18.3. The number of ether oxygens (including phenoxy) is 3. The predicted octanol–water partition coefficient (Wildman–Crippen LogP) is 8.28. The molecular formula is C65H83ClFN11O9S. The van der Waals surface area contributed by atoms with Crippen LogP contribution in [-0.4, -0.2) is 208 Å². The number of thiazole rings is 1. The number of fused-ring (bicyclic) bond motifs is 2. The summed E-state index contributed by atoms with van der Waals surface area (Å²) in [7, 11) is 0. The first-order valence-corrected chi connectivity index (χ1v) is 31.9. The molecule has 1 unspecified atom stereocenters. The Morgan fingerprint density at radius 3 is 2.16 bits per heavy atom. The molecule has 4 atom stereocenters. The number of aromatic nitrogens is 3. The second-order valence-electron chi connectivity index (χ2n) is 25.7.